The highest BCUT2D eigenvalue weighted by Crippen LogP contribution is 2.49. The Hall–Kier alpha value is -1.68. The smallest absolute Gasteiger partial charge is 0.234 e. The molecule has 1 aliphatic heterocycles. The monoisotopic (exact) mass is 339 g/mol. The average Bonchev–Trinajstić information content (AvgIpc) is 3.26. The van der Waals surface area contributed by atoms with Crippen LogP contribution in [-0.4, -0.2) is 41.5 Å². The summed E-state index contributed by atoms with van der Waals surface area (Å²) in [4.78, 5) is 18.9. The van der Waals surface area contributed by atoms with Crippen molar-refractivity contribution in [1.29, 1.82) is 0 Å². The largest absolute Gasteiger partial charge is 0.352 e. The molecule has 4 atom stereocenters. The third-order valence-corrected chi connectivity index (χ3v) is 6.52. The predicted molar refractivity (Wildman–Crippen MR) is 99.8 cm³/mol. The van der Waals surface area contributed by atoms with E-state index in [2.05, 4.69) is 34.3 Å². The minimum atomic E-state index is 0.188. The van der Waals surface area contributed by atoms with E-state index in [4.69, 9.17) is 0 Å². The molecule has 3 aliphatic rings. The van der Waals surface area contributed by atoms with Crippen molar-refractivity contribution in [2.45, 2.75) is 45.1 Å². The van der Waals surface area contributed by atoms with Gasteiger partial charge in [-0.25, -0.2) is 0 Å². The van der Waals surface area contributed by atoms with Gasteiger partial charge >= 0.3 is 0 Å². The molecular weight excluding hydrogens is 310 g/mol. The van der Waals surface area contributed by atoms with Crippen molar-refractivity contribution < 1.29 is 4.79 Å². The number of pyridine rings is 1. The number of hydrogen-bond acceptors (Lipinski definition) is 3. The number of rotatable bonds is 5. The van der Waals surface area contributed by atoms with Crippen LogP contribution in [0.2, 0.25) is 0 Å². The minimum absolute atomic E-state index is 0.188. The SMILES string of the molecule is CC(NC(=O)CN1CC=C(c2cccnc2)CC1)C1CC2CCC1C2. The van der Waals surface area contributed by atoms with Crippen molar-refractivity contribution in [2.24, 2.45) is 17.8 Å². The summed E-state index contributed by atoms with van der Waals surface area (Å²) < 4.78 is 0. The Labute approximate surface area is 150 Å². The third-order valence-electron chi connectivity index (χ3n) is 6.52. The van der Waals surface area contributed by atoms with E-state index < -0.39 is 0 Å². The summed E-state index contributed by atoms with van der Waals surface area (Å²) in [5.74, 6) is 2.70. The fourth-order valence-electron chi connectivity index (χ4n) is 5.19. The summed E-state index contributed by atoms with van der Waals surface area (Å²) in [7, 11) is 0. The van der Waals surface area contributed by atoms with Gasteiger partial charge in [0.15, 0.2) is 0 Å². The number of nitrogens with zero attached hydrogens (tertiary/aromatic N) is 2. The van der Waals surface area contributed by atoms with E-state index >= 15 is 0 Å². The first kappa shape index (κ1) is 16.8. The van der Waals surface area contributed by atoms with Crippen LogP contribution < -0.4 is 5.32 Å². The minimum Gasteiger partial charge on any atom is -0.352 e. The second-order valence-corrected chi connectivity index (χ2v) is 8.15. The molecule has 134 valence electrons. The van der Waals surface area contributed by atoms with Gasteiger partial charge in [-0.05, 0) is 67.6 Å². The molecule has 1 N–H and O–H groups in total. The number of fused-ring (bicyclic) bond motifs is 2. The summed E-state index contributed by atoms with van der Waals surface area (Å²) in [6.45, 7) is 4.51. The second kappa shape index (κ2) is 7.28. The number of hydrogen-bond donors (Lipinski definition) is 1. The lowest BCUT2D eigenvalue weighted by atomic mass is 9.84. The maximum absolute atomic E-state index is 12.5. The molecule has 2 fully saturated rings. The predicted octanol–water partition coefficient (Wildman–Crippen LogP) is 3.11. The summed E-state index contributed by atoms with van der Waals surface area (Å²) in [6, 6.07) is 4.42. The summed E-state index contributed by atoms with van der Waals surface area (Å²) >= 11 is 0. The lowest BCUT2D eigenvalue weighted by Crippen LogP contribution is -2.45. The van der Waals surface area contributed by atoms with Crippen molar-refractivity contribution in [1.82, 2.24) is 15.2 Å². The fraction of sp³-hybridized carbons (Fsp3) is 0.619. The molecule has 2 saturated carbocycles. The zero-order chi connectivity index (χ0) is 17.2. The molecule has 2 aliphatic carbocycles. The summed E-state index contributed by atoms with van der Waals surface area (Å²) in [6.07, 6.45) is 12.5. The Balaban J connectivity index is 1.25. The average molecular weight is 339 g/mol. The van der Waals surface area contributed by atoms with Crippen LogP contribution in [-0.2, 0) is 4.79 Å². The topological polar surface area (TPSA) is 45.2 Å². The maximum atomic E-state index is 12.5. The lowest BCUT2D eigenvalue weighted by Gasteiger charge is -2.30. The molecular formula is C21H29N3O. The van der Waals surface area contributed by atoms with E-state index in [0.29, 0.717) is 18.5 Å². The van der Waals surface area contributed by atoms with Gasteiger partial charge in [0.05, 0.1) is 6.54 Å². The van der Waals surface area contributed by atoms with Crippen LogP contribution in [0, 0.1) is 17.8 Å². The summed E-state index contributed by atoms with van der Waals surface area (Å²) in [5, 5.41) is 3.29. The van der Waals surface area contributed by atoms with Gasteiger partial charge < -0.3 is 5.32 Å². The molecule has 4 unspecified atom stereocenters. The van der Waals surface area contributed by atoms with Crippen LogP contribution in [0.1, 0.15) is 44.6 Å². The number of nitrogens with one attached hydrogen (secondary N) is 1. The van der Waals surface area contributed by atoms with Gasteiger partial charge in [0, 0.05) is 31.5 Å². The number of aromatic nitrogens is 1. The second-order valence-electron chi connectivity index (χ2n) is 8.15. The highest BCUT2D eigenvalue weighted by molar-refractivity contribution is 5.78. The molecule has 1 amide bonds. The number of carbonyl (C=O) groups excluding carboxylic acids is 1. The first-order valence-corrected chi connectivity index (χ1v) is 9.80. The van der Waals surface area contributed by atoms with Crippen molar-refractivity contribution in [3.8, 4) is 0 Å². The molecule has 4 rings (SSSR count). The van der Waals surface area contributed by atoms with Crippen LogP contribution >= 0.6 is 0 Å². The fourth-order valence-corrected chi connectivity index (χ4v) is 5.19. The first-order valence-electron chi connectivity index (χ1n) is 9.80. The van der Waals surface area contributed by atoms with Gasteiger partial charge in [-0.2, -0.15) is 0 Å². The van der Waals surface area contributed by atoms with Gasteiger partial charge in [0.2, 0.25) is 5.91 Å². The van der Waals surface area contributed by atoms with E-state index in [1.165, 1.54) is 36.8 Å². The Morgan fingerprint density at radius 2 is 2.32 bits per heavy atom. The zero-order valence-electron chi connectivity index (χ0n) is 15.2. The van der Waals surface area contributed by atoms with Crippen molar-refractivity contribution in [2.75, 3.05) is 19.6 Å². The number of carbonyl (C=O) groups is 1. The third kappa shape index (κ3) is 3.79. The molecule has 0 spiro atoms. The molecule has 25 heavy (non-hydrogen) atoms. The molecule has 0 aromatic carbocycles. The molecule has 2 bridgehead atoms. The molecule has 1 aromatic heterocycles. The van der Waals surface area contributed by atoms with Crippen LogP contribution in [0.15, 0.2) is 30.6 Å². The molecule has 2 heterocycles. The van der Waals surface area contributed by atoms with Crippen molar-refractivity contribution in [3.63, 3.8) is 0 Å². The van der Waals surface area contributed by atoms with Gasteiger partial charge in [0.25, 0.3) is 0 Å². The standard InChI is InChI=1S/C21H29N3O/c1-15(20-12-16-4-5-18(20)11-16)23-21(25)14-24-9-6-17(7-10-24)19-3-2-8-22-13-19/h2-3,6,8,13,15-16,18,20H,4-5,7,9-12,14H2,1H3,(H,23,25). The summed E-state index contributed by atoms with van der Waals surface area (Å²) in [5.41, 5.74) is 2.55. The Morgan fingerprint density at radius 3 is 2.96 bits per heavy atom. The molecule has 0 saturated heterocycles. The Morgan fingerprint density at radius 1 is 1.40 bits per heavy atom. The quantitative estimate of drug-likeness (QED) is 0.896. The Bertz CT molecular complexity index is 642. The first-order chi connectivity index (χ1) is 12.2. The van der Waals surface area contributed by atoms with Crippen molar-refractivity contribution >= 4 is 11.5 Å². The molecule has 4 heteroatoms. The maximum Gasteiger partial charge on any atom is 0.234 e. The molecule has 0 radical (unpaired) electrons. The normalized spacial score (nSPS) is 30.1. The highest BCUT2D eigenvalue weighted by Gasteiger charge is 2.42. The van der Waals surface area contributed by atoms with Crippen LogP contribution in [0.4, 0.5) is 0 Å². The van der Waals surface area contributed by atoms with E-state index in [1.807, 2.05) is 12.3 Å². The molecule has 4 nitrogen and oxygen atoms in total. The van der Waals surface area contributed by atoms with Gasteiger partial charge in [-0.3, -0.25) is 14.7 Å². The van der Waals surface area contributed by atoms with E-state index in [1.54, 1.807) is 6.20 Å². The van der Waals surface area contributed by atoms with Crippen LogP contribution in [0.3, 0.4) is 0 Å². The molecule has 1 aromatic rings. The lowest BCUT2D eigenvalue weighted by molar-refractivity contribution is -0.123. The number of amides is 1. The zero-order valence-corrected chi connectivity index (χ0v) is 15.2. The Kier molecular flexibility index (Phi) is 4.89. The van der Waals surface area contributed by atoms with E-state index in [-0.39, 0.29) is 5.91 Å². The van der Waals surface area contributed by atoms with E-state index in [0.717, 1.165) is 31.3 Å². The highest BCUT2D eigenvalue weighted by atomic mass is 16.2. The van der Waals surface area contributed by atoms with Gasteiger partial charge in [-0.15, -0.1) is 0 Å². The van der Waals surface area contributed by atoms with Crippen molar-refractivity contribution in [3.05, 3.63) is 36.2 Å². The van der Waals surface area contributed by atoms with E-state index in [9.17, 15) is 4.79 Å². The van der Waals surface area contributed by atoms with Gasteiger partial charge in [-0.1, -0.05) is 18.6 Å². The van der Waals surface area contributed by atoms with Crippen LogP contribution in [0.5, 0.6) is 0 Å². The van der Waals surface area contributed by atoms with Crippen LogP contribution in [0.25, 0.3) is 5.57 Å². The van der Waals surface area contributed by atoms with Gasteiger partial charge in [0.1, 0.15) is 0 Å².